The molecule has 2 atom stereocenters. The van der Waals surface area contributed by atoms with E-state index in [1.165, 1.54) is 16.7 Å². The van der Waals surface area contributed by atoms with Crippen molar-refractivity contribution in [3.8, 4) is 0 Å². The Hall–Kier alpha value is -1.20. The minimum absolute atomic E-state index is 0.109. The van der Waals surface area contributed by atoms with Crippen LogP contribution < -0.4 is 0 Å². The maximum absolute atomic E-state index is 12.5. The average Bonchev–Trinajstić information content (AvgIpc) is 2.48. The number of benzene rings is 1. The Labute approximate surface area is 133 Å². The molecule has 1 aliphatic heterocycles. The van der Waals surface area contributed by atoms with Crippen LogP contribution in [0.2, 0.25) is 5.02 Å². The number of amides is 1. The maximum atomic E-state index is 12.5. The van der Waals surface area contributed by atoms with E-state index in [0.717, 1.165) is 17.7 Å². The van der Waals surface area contributed by atoms with E-state index in [-0.39, 0.29) is 11.2 Å². The van der Waals surface area contributed by atoms with Gasteiger partial charge in [0.05, 0.1) is 5.25 Å². The lowest BCUT2D eigenvalue weighted by molar-refractivity contribution is -0.151. The lowest BCUT2D eigenvalue weighted by atomic mass is 10.0. The Morgan fingerprint density at radius 3 is 2.62 bits per heavy atom. The van der Waals surface area contributed by atoms with Gasteiger partial charge in [0, 0.05) is 16.5 Å². The van der Waals surface area contributed by atoms with Crippen molar-refractivity contribution in [1.29, 1.82) is 0 Å². The van der Waals surface area contributed by atoms with Crippen molar-refractivity contribution in [2.75, 3.05) is 6.54 Å². The number of carboxylic acids is 1. The second kappa shape index (κ2) is 7.18. The molecule has 0 saturated carbocycles. The fourth-order valence-electron chi connectivity index (χ4n) is 2.45. The summed E-state index contributed by atoms with van der Waals surface area (Å²) >= 11 is 7.26. The molecule has 4 nitrogen and oxygen atoms in total. The van der Waals surface area contributed by atoms with Crippen LogP contribution >= 0.6 is 23.4 Å². The highest BCUT2D eigenvalue weighted by molar-refractivity contribution is 8.00. The third-order valence-corrected chi connectivity index (χ3v) is 4.90. The predicted molar refractivity (Wildman–Crippen MR) is 83.8 cm³/mol. The van der Waals surface area contributed by atoms with E-state index in [4.69, 9.17) is 11.6 Å². The molecule has 1 fully saturated rings. The van der Waals surface area contributed by atoms with Crippen molar-refractivity contribution in [3.63, 3.8) is 0 Å². The van der Waals surface area contributed by atoms with Crippen LogP contribution in [0.3, 0.4) is 0 Å². The van der Waals surface area contributed by atoms with Gasteiger partial charge in [0.15, 0.2) is 0 Å². The summed E-state index contributed by atoms with van der Waals surface area (Å²) < 4.78 is 0. The molecule has 1 N–H and O–H groups in total. The minimum atomic E-state index is -0.910. The van der Waals surface area contributed by atoms with Crippen molar-refractivity contribution in [2.45, 2.75) is 42.4 Å². The zero-order chi connectivity index (χ0) is 15.4. The van der Waals surface area contributed by atoms with Gasteiger partial charge in [0.25, 0.3) is 0 Å². The van der Waals surface area contributed by atoms with Crippen molar-refractivity contribution >= 4 is 35.2 Å². The summed E-state index contributed by atoms with van der Waals surface area (Å²) in [7, 11) is 0. The Kier molecular flexibility index (Phi) is 5.53. The standard InChI is InChI=1S/C15H18ClNO3S/c1-10(21-12-7-5-11(16)6-8-12)14(18)17-9-3-2-4-13(17)15(19)20/h5-8,10,13H,2-4,9H2,1H3,(H,19,20)/t10?,13-/m0/s1. The summed E-state index contributed by atoms with van der Waals surface area (Å²) in [6.07, 6.45) is 2.27. The number of likely N-dealkylation sites (tertiary alicyclic amines) is 1. The molecule has 0 aromatic heterocycles. The van der Waals surface area contributed by atoms with Gasteiger partial charge in [-0.2, -0.15) is 0 Å². The van der Waals surface area contributed by atoms with Crippen molar-refractivity contribution in [2.24, 2.45) is 0 Å². The number of rotatable bonds is 4. The molecule has 1 heterocycles. The van der Waals surface area contributed by atoms with Gasteiger partial charge in [0.1, 0.15) is 6.04 Å². The van der Waals surface area contributed by atoms with Gasteiger partial charge in [-0.3, -0.25) is 4.79 Å². The maximum Gasteiger partial charge on any atom is 0.326 e. The van der Waals surface area contributed by atoms with Crippen LogP contribution in [0.1, 0.15) is 26.2 Å². The van der Waals surface area contributed by atoms with Crippen LogP contribution in [0.25, 0.3) is 0 Å². The van der Waals surface area contributed by atoms with E-state index in [0.29, 0.717) is 18.0 Å². The zero-order valence-corrected chi connectivity index (χ0v) is 13.4. The van der Waals surface area contributed by atoms with Crippen molar-refractivity contribution < 1.29 is 14.7 Å². The first-order valence-corrected chi connectivity index (χ1v) is 8.20. The molecule has 0 bridgehead atoms. The van der Waals surface area contributed by atoms with Crippen LogP contribution in [-0.4, -0.2) is 39.7 Å². The van der Waals surface area contributed by atoms with Crippen LogP contribution in [-0.2, 0) is 9.59 Å². The van der Waals surface area contributed by atoms with Gasteiger partial charge < -0.3 is 10.0 Å². The van der Waals surface area contributed by atoms with Crippen LogP contribution in [0.15, 0.2) is 29.2 Å². The molecule has 114 valence electrons. The molecular formula is C15H18ClNO3S. The molecular weight excluding hydrogens is 310 g/mol. The minimum Gasteiger partial charge on any atom is -0.480 e. The molecule has 0 spiro atoms. The number of hydrogen-bond donors (Lipinski definition) is 1. The number of carboxylic acid groups (broad SMARTS) is 1. The smallest absolute Gasteiger partial charge is 0.326 e. The second-order valence-corrected chi connectivity index (χ2v) is 6.95. The average molecular weight is 328 g/mol. The lowest BCUT2D eigenvalue weighted by Crippen LogP contribution is -2.50. The number of hydrogen-bond acceptors (Lipinski definition) is 3. The van der Waals surface area contributed by atoms with E-state index >= 15 is 0 Å². The number of aliphatic carboxylic acids is 1. The normalized spacial score (nSPS) is 20.1. The van der Waals surface area contributed by atoms with Crippen LogP contribution in [0, 0.1) is 0 Å². The van der Waals surface area contributed by atoms with Crippen molar-refractivity contribution in [3.05, 3.63) is 29.3 Å². The monoisotopic (exact) mass is 327 g/mol. The first-order chi connectivity index (χ1) is 9.99. The first-order valence-electron chi connectivity index (χ1n) is 6.94. The SMILES string of the molecule is CC(Sc1ccc(Cl)cc1)C(=O)N1CCCC[C@H]1C(=O)O. The third kappa shape index (κ3) is 4.14. The van der Waals surface area contributed by atoms with E-state index < -0.39 is 12.0 Å². The fourth-order valence-corrected chi connectivity index (χ4v) is 3.52. The Balaban J connectivity index is 2.03. The molecule has 6 heteroatoms. The van der Waals surface area contributed by atoms with Gasteiger partial charge >= 0.3 is 5.97 Å². The Morgan fingerprint density at radius 1 is 1.33 bits per heavy atom. The van der Waals surface area contributed by atoms with Gasteiger partial charge in [-0.1, -0.05) is 11.6 Å². The summed E-state index contributed by atoms with van der Waals surface area (Å²) in [4.78, 5) is 26.2. The zero-order valence-electron chi connectivity index (χ0n) is 11.8. The first kappa shape index (κ1) is 16.2. The van der Waals surface area contributed by atoms with Gasteiger partial charge in [-0.05, 0) is 50.5 Å². The number of carbonyl (C=O) groups is 2. The predicted octanol–water partition coefficient (Wildman–Crippen LogP) is 3.29. The van der Waals surface area contributed by atoms with E-state index in [1.54, 1.807) is 12.1 Å². The highest BCUT2D eigenvalue weighted by Crippen LogP contribution is 2.28. The Bertz CT molecular complexity index is 520. The molecule has 1 aliphatic rings. The number of piperidine rings is 1. The molecule has 1 aromatic rings. The summed E-state index contributed by atoms with van der Waals surface area (Å²) in [5, 5.41) is 9.58. The molecule has 0 aliphatic carbocycles. The van der Waals surface area contributed by atoms with Gasteiger partial charge in [-0.15, -0.1) is 11.8 Å². The lowest BCUT2D eigenvalue weighted by Gasteiger charge is -2.34. The second-order valence-electron chi connectivity index (χ2n) is 5.10. The number of carbonyl (C=O) groups excluding carboxylic acids is 1. The molecule has 1 saturated heterocycles. The van der Waals surface area contributed by atoms with E-state index in [1.807, 2.05) is 19.1 Å². The van der Waals surface area contributed by atoms with E-state index in [9.17, 15) is 14.7 Å². The topological polar surface area (TPSA) is 57.6 Å². The number of thioether (sulfide) groups is 1. The summed E-state index contributed by atoms with van der Waals surface area (Å²) in [5.41, 5.74) is 0. The highest BCUT2D eigenvalue weighted by Gasteiger charge is 2.34. The fraction of sp³-hybridized carbons (Fsp3) is 0.467. The summed E-state index contributed by atoms with van der Waals surface area (Å²) in [5.74, 6) is -1.02. The molecule has 2 rings (SSSR count). The summed E-state index contributed by atoms with van der Waals surface area (Å²) in [6, 6.07) is 6.60. The Morgan fingerprint density at radius 2 is 2.00 bits per heavy atom. The van der Waals surface area contributed by atoms with Crippen LogP contribution in [0.5, 0.6) is 0 Å². The van der Waals surface area contributed by atoms with Gasteiger partial charge in [-0.25, -0.2) is 4.79 Å². The molecule has 0 radical (unpaired) electrons. The molecule has 1 unspecified atom stereocenters. The van der Waals surface area contributed by atoms with Gasteiger partial charge in [0.2, 0.25) is 5.91 Å². The number of halogens is 1. The largest absolute Gasteiger partial charge is 0.480 e. The molecule has 21 heavy (non-hydrogen) atoms. The van der Waals surface area contributed by atoms with Crippen LogP contribution in [0.4, 0.5) is 0 Å². The van der Waals surface area contributed by atoms with E-state index in [2.05, 4.69) is 0 Å². The molecule has 1 amide bonds. The summed E-state index contributed by atoms with van der Waals surface area (Å²) in [6.45, 7) is 2.34. The number of nitrogens with zero attached hydrogens (tertiary/aromatic N) is 1. The quantitative estimate of drug-likeness (QED) is 0.862. The highest BCUT2D eigenvalue weighted by atomic mass is 35.5. The molecule has 1 aromatic carbocycles. The third-order valence-electron chi connectivity index (χ3n) is 3.55. The van der Waals surface area contributed by atoms with Crippen molar-refractivity contribution in [1.82, 2.24) is 4.90 Å².